The van der Waals surface area contributed by atoms with Crippen LogP contribution in [0.4, 0.5) is 0 Å². The SMILES string of the molecule is C1=C(CCN2CCNCC2c2ccccc2)CCCC1. The fraction of sp³-hybridized carbons (Fsp3) is 0.556. The van der Waals surface area contributed by atoms with Gasteiger partial charge in [-0.05, 0) is 37.7 Å². The maximum absolute atomic E-state index is 3.54. The van der Waals surface area contributed by atoms with Crippen LogP contribution in [-0.2, 0) is 0 Å². The summed E-state index contributed by atoms with van der Waals surface area (Å²) in [5.74, 6) is 0. The average Bonchev–Trinajstić information content (AvgIpc) is 2.55. The zero-order valence-corrected chi connectivity index (χ0v) is 12.4. The van der Waals surface area contributed by atoms with Crippen molar-refractivity contribution < 1.29 is 0 Å². The highest BCUT2D eigenvalue weighted by molar-refractivity contribution is 5.20. The minimum Gasteiger partial charge on any atom is -0.314 e. The number of rotatable bonds is 4. The predicted octanol–water partition coefficient (Wildman–Crippen LogP) is 3.52. The number of allylic oxidation sites excluding steroid dienone is 1. The lowest BCUT2D eigenvalue weighted by Crippen LogP contribution is -2.46. The van der Waals surface area contributed by atoms with Gasteiger partial charge in [-0.2, -0.15) is 0 Å². The summed E-state index contributed by atoms with van der Waals surface area (Å²) in [6, 6.07) is 11.5. The number of hydrogen-bond donors (Lipinski definition) is 1. The molecule has 0 radical (unpaired) electrons. The van der Waals surface area contributed by atoms with Crippen molar-refractivity contribution in [2.24, 2.45) is 0 Å². The zero-order chi connectivity index (χ0) is 13.6. The molecule has 2 heteroatoms. The molecule has 1 aliphatic heterocycles. The summed E-state index contributed by atoms with van der Waals surface area (Å²) in [5, 5.41) is 3.54. The van der Waals surface area contributed by atoms with Crippen LogP contribution in [0.2, 0.25) is 0 Å². The molecule has 1 unspecified atom stereocenters. The molecule has 1 aromatic carbocycles. The number of hydrogen-bond acceptors (Lipinski definition) is 2. The Morgan fingerprint density at radius 2 is 2.05 bits per heavy atom. The van der Waals surface area contributed by atoms with Gasteiger partial charge in [-0.25, -0.2) is 0 Å². The summed E-state index contributed by atoms with van der Waals surface area (Å²) in [6.07, 6.45) is 9.19. The van der Waals surface area contributed by atoms with E-state index in [0.717, 1.165) is 13.1 Å². The lowest BCUT2D eigenvalue weighted by Gasteiger charge is -2.37. The molecule has 3 rings (SSSR count). The van der Waals surface area contributed by atoms with Crippen LogP contribution in [0.1, 0.15) is 43.7 Å². The largest absolute Gasteiger partial charge is 0.314 e. The summed E-state index contributed by atoms with van der Waals surface area (Å²) in [4.78, 5) is 2.67. The molecule has 1 heterocycles. The van der Waals surface area contributed by atoms with Crippen molar-refractivity contribution >= 4 is 0 Å². The summed E-state index contributed by atoms with van der Waals surface area (Å²) < 4.78 is 0. The Balaban J connectivity index is 1.62. The second-order valence-electron chi connectivity index (χ2n) is 6.02. The van der Waals surface area contributed by atoms with Gasteiger partial charge >= 0.3 is 0 Å². The quantitative estimate of drug-likeness (QED) is 0.842. The Morgan fingerprint density at radius 3 is 2.85 bits per heavy atom. The van der Waals surface area contributed by atoms with Crippen LogP contribution in [0.25, 0.3) is 0 Å². The van der Waals surface area contributed by atoms with E-state index in [1.165, 1.54) is 50.8 Å². The maximum atomic E-state index is 3.54. The molecule has 0 saturated carbocycles. The standard InChI is InChI=1S/C18H26N2/c1-3-7-16(8-4-1)11-13-20-14-12-19-15-18(20)17-9-5-2-6-10-17/h2,5-7,9-10,18-19H,1,3-4,8,11-15H2. The van der Waals surface area contributed by atoms with Crippen molar-refractivity contribution in [3.05, 3.63) is 47.5 Å². The third-order valence-electron chi connectivity index (χ3n) is 4.64. The van der Waals surface area contributed by atoms with E-state index in [-0.39, 0.29) is 0 Å². The molecular weight excluding hydrogens is 244 g/mol. The smallest absolute Gasteiger partial charge is 0.0473 e. The predicted molar refractivity (Wildman–Crippen MR) is 84.8 cm³/mol. The van der Waals surface area contributed by atoms with Gasteiger partial charge in [0, 0.05) is 32.2 Å². The molecule has 2 nitrogen and oxygen atoms in total. The third-order valence-corrected chi connectivity index (χ3v) is 4.64. The van der Waals surface area contributed by atoms with Crippen molar-refractivity contribution in [1.29, 1.82) is 0 Å². The lowest BCUT2D eigenvalue weighted by atomic mass is 9.96. The van der Waals surface area contributed by atoms with Gasteiger partial charge in [0.05, 0.1) is 0 Å². The van der Waals surface area contributed by atoms with E-state index in [4.69, 9.17) is 0 Å². The minimum absolute atomic E-state index is 0.550. The number of piperazine rings is 1. The molecule has 1 N–H and O–H groups in total. The Labute approximate surface area is 122 Å². The van der Waals surface area contributed by atoms with Gasteiger partial charge in [-0.15, -0.1) is 0 Å². The first-order valence-electron chi connectivity index (χ1n) is 8.11. The maximum Gasteiger partial charge on any atom is 0.0473 e. The molecule has 0 bridgehead atoms. The highest BCUT2D eigenvalue weighted by Gasteiger charge is 2.23. The molecule has 1 saturated heterocycles. The summed E-state index contributed by atoms with van der Waals surface area (Å²) in [7, 11) is 0. The molecule has 1 atom stereocenters. The number of nitrogens with zero attached hydrogens (tertiary/aromatic N) is 1. The van der Waals surface area contributed by atoms with Crippen molar-refractivity contribution in [3.8, 4) is 0 Å². The zero-order valence-electron chi connectivity index (χ0n) is 12.4. The fourth-order valence-electron chi connectivity index (χ4n) is 3.44. The monoisotopic (exact) mass is 270 g/mol. The molecule has 0 aromatic heterocycles. The molecule has 1 aliphatic carbocycles. The van der Waals surface area contributed by atoms with Crippen molar-refractivity contribution in [1.82, 2.24) is 10.2 Å². The van der Waals surface area contributed by atoms with Crippen LogP contribution in [0.5, 0.6) is 0 Å². The first-order valence-corrected chi connectivity index (χ1v) is 8.11. The van der Waals surface area contributed by atoms with E-state index < -0.39 is 0 Å². The highest BCUT2D eigenvalue weighted by Crippen LogP contribution is 2.25. The number of nitrogens with one attached hydrogen (secondary N) is 1. The van der Waals surface area contributed by atoms with Gasteiger partial charge in [-0.3, -0.25) is 4.90 Å². The van der Waals surface area contributed by atoms with E-state index >= 15 is 0 Å². The molecule has 1 aromatic rings. The van der Waals surface area contributed by atoms with Gasteiger partial charge in [0.25, 0.3) is 0 Å². The van der Waals surface area contributed by atoms with E-state index in [1.54, 1.807) is 5.57 Å². The van der Waals surface area contributed by atoms with Gasteiger partial charge in [0.15, 0.2) is 0 Å². The Bertz CT molecular complexity index is 438. The molecule has 0 spiro atoms. The second-order valence-corrected chi connectivity index (χ2v) is 6.02. The van der Waals surface area contributed by atoms with Gasteiger partial charge in [0.2, 0.25) is 0 Å². The van der Waals surface area contributed by atoms with Crippen LogP contribution in [-0.4, -0.2) is 31.1 Å². The summed E-state index contributed by atoms with van der Waals surface area (Å²) in [6.45, 7) is 4.60. The summed E-state index contributed by atoms with van der Waals surface area (Å²) >= 11 is 0. The molecule has 2 aliphatic rings. The topological polar surface area (TPSA) is 15.3 Å². The Morgan fingerprint density at radius 1 is 1.15 bits per heavy atom. The van der Waals surface area contributed by atoms with E-state index in [2.05, 4.69) is 46.6 Å². The van der Waals surface area contributed by atoms with E-state index in [9.17, 15) is 0 Å². The van der Waals surface area contributed by atoms with Crippen LogP contribution in [0.15, 0.2) is 42.0 Å². The van der Waals surface area contributed by atoms with Gasteiger partial charge in [-0.1, -0.05) is 42.0 Å². The van der Waals surface area contributed by atoms with Crippen molar-refractivity contribution in [2.45, 2.75) is 38.1 Å². The molecule has 20 heavy (non-hydrogen) atoms. The van der Waals surface area contributed by atoms with Crippen molar-refractivity contribution in [3.63, 3.8) is 0 Å². The Hall–Kier alpha value is -1.12. The van der Waals surface area contributed by atoms with Crippen LogP contribution in [0, 0.1) is 0 Å². The van der Waals surface area contributed by atoms with Crippen molar-refractivity contribution in [2.75, 3.05) is 26.2 Å². The first-order chi connectivity index (χ1) is 9.93. The minimum atomic E-state index is 0.550. The third kappa shape index (κ3) is 3.50. The highest BCUT2D eigenvalue weighted by atomic mass is 15.2. The normalized spacial score (nSPS) is 24.4. The molecular formula is C18H26N2. The first kappa shape index (κ1) is 13.8. The lowest BCUT2D eigenvalue weighted by molar-refractivity contribution is 0.163. The number of benzene rings is 1. The Kier molecular flexibility index (Phi) is 4.88. The molecule has 1 fully saturated rings. The van der Waals surface area contributed by atoms with Crippen LogP contribution in [0.3, 0.4) is 0 Å². The van der Waals surface area contributed by atoms with E-state index in [0.29, 0.717) is 6.04 Å². The van der Waals surface area contributed by atoms with Crippen LogP contribution < -0.4 is 5.32 Å². The fourth-order valence-corrected chi connectivity index (χ4v) is 3.44. The van der Waals surface area contributed by atoms with Crippen LogP contribution >= 0.6 is 0 Å². The second kappa shape index (κ2) is 7.05. The van der Waals surface area contributed by atoms with E-state index in [1.807, 2.05) is 0 Å². The average molecular weight is 270 g/mol. The summed E-state index contributed by atoms with van der Waals surface area (Å²) in [5.41, 5.74) is 3.15. The molecule has 0 amide bonds. The van der Waals surface area contributed by atoms with Gasteiger partial charge in [0.1, 0.15) is 0 Å². The molecule has 108 valence electrons. The van der Waals surface area contributed by atoms with Gasteiger partial charge < -0.3 is 5.32 Å².